The number of rotatable bonds is 8. The lowest BCUT2D eigenvalue weighted by Crippen LogP contribution is -2.52. The smallest absolute Gasteiger partial charge is 0.252 e. The molecule has 1 amide bonds. The summed E-state index contributed by atoms with van der Waals surface area (Å²) in [6, 6.07) is 5.26. The number of nitrogens with one attached hydrogen (secondary N) is 5. The van der Waals surface area contributed by atoms with Gasteiger partial charge >= 0.3 is 0 Å². The van der Waals surface area contributed by atoms with Gasteiger partial charge in [-0.1, -0.05) is 6.07 Å². The molecule has 3 aromatic rings. The second-order valence-corrected chi connectivity index (χ2v) is 11.1. The molecule has 5 heterocycles. The molecule has 1 saturated carbocycles. The van der Waals surface area contributed by atoms with Gasteiger partial charge in [-0.25, -0.2) is 29.5 Å². The van der Waals surface area contributed by atoms with E-state index in [-0.39, 0.29) is 24.0 Å². The van der Waals surface area contributed by atoms with Crippen LogP contribution in [0.3, 0.4) is 0 Å². The van der Waals surface area contributed by atoms with Gasteiger partial charge < -0.3 is 20.7 Å². The maximum Gasteiger partial charge on any atom is 0.252 e. The Morgan fingerprint density at radius 1 is 1.26 bits per heavy atom. The van der Waals surface area contributed by atoms with Crippen molar-refractivity contribution in [2.24, 2.45) is 10.9 Å². The predicted octanol–water partition coefficient (Wildman–Crippen LogP) is 2.29. The number of aromatic amines is 1. The average molecular weight is 578 g/mol. The lowest BCUT2D eigenvalue weighted by molar-refractivity contribution is -0.148. The number of pyridine rings is 1. The molecular weight excluding hydrogens is 541 g/mol. The first-order valence-corrected chi connectivity index (χ1v) is 14.1. The number of aliphatic imine (C=N–C) groups is 1. The number of anilines is 1. The van der Waals surface area contributed by atoms with Crippen molar-refractivity contribution in [3.8, 4) is 5.82 Å². The third-order valence-electron chi connectivity index (χ3n) is 8.38. The van der Waals surface area contributed by atoms with E-state index in [1.54, 1.807) is 19.4 Å². The SMILES string of the molecule is COC1(C(=O)N[C@@H](C)c2ccc(-n3cc(F)cn3)nc2)CCC(C2=N[C@@H]3C(=C(Nc4cc(C)[nH]n4)N2)CNN3C)CC1. The molecule has 0 unspecified atom stereocenters. The molecule has 2 aliphatic heterocycles. The van der Waals surface area contributed by atoms with Crippen LogP contribution >= 0.6 is 0 Å². The highest BCUT2D eigenvalue weighted by Crippen LogP contribution is 2.37. The first kappa shape index (κ1) is 28.0. The van der Waals surface area contributed by atoms with Gasteiger partial charge in [-0.2, -0.15) is 10.2 Å². The Kier molecular flexibility index (Phi) is 7.51. The van der Waals surface area contributed by atoms with Crippen LogP contribution in [-0.4, -0.2) is 74.2 Å². The van der Waals surface area contributed by atoms with Gasteiger partial charge in [-0.15, -0.1) is 0 Å². The van der Waals surface area contributed by atoms with Crippen LogP contribution in [-0.2, 0) is 9.53 Å². The van der Waals surface area contributed by atoms with Gasteiger partial charge in [-0.05, 0) is 51.2 Å². The minimum atomic E-state index is -0.930. The number of H-pyrrole nitrogens is 1. The van der Waals surface area contributed by atoms with E-state index in [4.69, 9.17) is 9.73 Å². The van der Waals surface area contributed by atoms with Crippen LogP contribution in [0, 0.1) is 18.7 Å². The molecular formula is C28H36FN11O2. The van der Waals surface area contributed by atoms with Gasteiger partial charge in [0.15, 0.2) is 17.5 Å². The molecule has 3 aromatic heterocycles. The molecule has 222 valence electrons. The van der Waals surface area contributed by atoms with Crippen LogP contribution in [0.2, 0.25) is 0 Å². The molecule has 0 aromatic carbocycles. The first-order chi connectivity index (χ1) is 20.2. The van der Waals surface area contributed by atoms with Crippen molar-refractivity contribution in [2.45, 2.75) is 57.3 Å². The van der Waals surface area contributed by atoms with Crippen molar-refractivity contribution in [2.75, 3.05) is 26.0 Å². The van der Waals surface area contributed by atoms with Crippen molar-refractivity contribution >= 4 is 17.6 Å². The summed E-state index contributed by atoms with van der Waals surface area (Å²) in [4.78, 5) is 23.0. The fraction of sp³-hybridized carbons (Fsp3) is 0.464. The molecule has 6 rings (SSSR count). The van der Waals surface area contributed by atoms with Crippen LogP contribution in [0.15, 0.2) is 53.2 Å². The Hall–Kier alpha value is -4.14. The van der Waals surface area contributed by atoms with Gasteiger partial charge in [0.05, 0.1) is 18.4 Å². The lowest BCUT2D eigenvalue weighted by Gasteiger charge is -2.39. The summed E-state index contributed by atoms with van der Waals surface area (Å²) < 4.78 is 20.6. The number of hydrogen-bond acceptors (Lipinski definition) is 10. The number of aryl methyl sites for hydroxylation is 1. The van der Waals surface area contributed by atoms with Gasteiger partial charge in [-0.3, -0.25) is 9.89 Å². The fourth-order valence-electron chi connectivity index (χ4n) is 5.81. The summed E-state index contributed by atoms with van der Waals surface area (Å²) in [5.74, 6) is 2.59. The van der Waals surface area contributed by atoms with Crippen molar-refractivity contribution < 1.29 is 13.9 Å². The van der Waals surface area contributed by atoms with Gasteiger partial charge in [0.25, 0.3) is 5.91 Å². The molecule has 2 atom stereocenters. The number of ether oxygens (including phenoxy) is 1. The van der Waals surface area contributed by atoms with E-state index in [0.717, 1.165) is 53.3 Å². The highest BCUT2D eigenvalue weighted by atomic mass is 19.1. The molecule has 1 aliphatic carbocycles. The third kappa shape index (κ3) is 5.40. The fourth-order valence-corrected chi connectivity index (χ4v) is 5.81. The van der Waals surface area contributed by atoms with E-state index in [1.165, 1.54) is 10.9 Å². The number of amides is 1. The number of methoxy groups -OCH3 is 1. The number of hydrogen-bond donors (Lipinski definition) is 5. The maximum atomic E-state index is 13.6. The Balaban J connectivity index is 1.10. The van der Waals surface area contributed by atoms with Gasteiger partial charge in [0.2, 0.25) is 0 Å². The number of fused-ring (bicyclic) bond motifs is 1. The number of carbonyl (C=O) groups is 1. The highest BCUT2D eigenvalue weighted by Gasteiger charge is 2.44. The highest BCUT2D eigenvalue weighted by molar-refractivity contribution is 5.90. The lowest BCUT2D eigenvalue weighted by atomic mass is 9.77. The Bertz CT molecular complexity index is 1500. The zero-order chi connectivity index (χ0) is 29.4. The third-order valence-corrected chi connectivity index (χ3v) is 8.38. The second-order valence-electron chi connectivity index (χ2n) is 11.1. The Labute approximate surface area is 243 Å². The van der Waals surface area contributed by atoms with Gasteiger partial charge in [0.1, 0.15) is 23.4 Å². The average Bonchev–Trinajstić information content (AvgIpc) is 3.73. The summed E-state index contributed by atoms with van der Waals surface area (Å²) in [6.45, 7) is 4.56. The van der Waals surface area contributed by atoms with E-state index >= 15 is 0 Å². The predicted molar refractivity (Wildman–Crippen MR) is 154 cm³/mol. The number of nitrogens with zero attached hydrogens (tertiary/aromatic N) is 6. The van der Waals surface area contributed by atoms with Crippen LogP contribution in [0.1, 0.15) is 49.9 Å². The normalized spacial score (nSPS) is 25.0. The zero-order valence-corrected chi connectivity index (χ0v) is 24.1. The quantitative estimate of drug-likeness (QED) is 0.272. The Morgan fingerprint density at radius 2 is 2.07 bits per heavy atom. The van der Waals surface area contributed by atoms with Gasteiger partial charge in [0, 0.05) is 50.2 Å². The van der Waals surface area contributed by atoms with E-state index in [0.29, 0.717) is 25.2 Å². The minimum Gasteiger partial charge on any atom is -0.368 e. The van der Waals surface area contributed by atoms with E-state index in [2.05, 4.69) is 41.7 Å². The second kappa shape index (κ2) is 11.3. The molecule has 42 heavy (non-hydrogen) atoms. The molecule has 14 heteroatoms. The van der Waals surface area contributed by atoms with Crippen LogP contribution < -0.4 is 21.4 Å². The number of aromatic nitrogens is 5. The van der Waals surface area contributed by atoms with E-state index < -0.39 is 11.4 Å². The molecule has 2 fully saturated rings. The van der Waals surface area contributed by atoms with Crippen molar-refractivity contribution in [3.05, 3.63) is 65.3 Å². The largest absolute Gasteiger partial charge is 0.368 e. The van der Waals surface area contributed by atoms with Crippen molar-refractivity contribution in [1.29, 1.82) is 0 Å². The zero-order valence-electron chi connectivity index (χ0n) is 24.1. The molecule has 5 N–H and O–H groups in total. The molecule has 0 spiro atoms. The van der Waals surface area contributed by atoms with Crippen molar-refractivity contribution in [3.63, 3.8) is 0 Å². The molecule has 0 radical (unpaired) electrons. The standard InChI is InChI=1S/C28H36FN11O2/c1-16-11-22(38-37-16)34-25-21-14-31-39(3)26(21)36-24(35-25)18-7-9-28(42-4,10-8-18)27(41)33-17(2)19-5-6-23(30-12-19)40-15-20(29)13-32-40/h5-6,11-13,15,17-18,26,31H,7-10,14H2,1-4H3,(H,33,41)(H,35,36)(H2,34,37,38)/t17-,18?,26-,28?/m0/s1. The van der Waals surface area contributed by atoms with Crippen LogP contribution in [0.25, 0.3) is 5.82 Å². The van der Waals surface area contributed by atoms with Crippen LogP contribution in [0.4, 0.5) is 10.2 Å². The van der Waals surface area contributed by atoms with E-state index in [1.807, 2.05) is 38.0 Å². The number of halogens is 1. The molecule has 13 nitrogen and oxygen atoms in total. The first-order valence-electron chi connectivity index (χ1n) is 14.1. The van der Waals surface area contributed by atoms with Crippen LogP contribution in [0.5, 0.6) is 0 Å². The summed E-state index contributed by atoms with van der Waals surface area (Å²) in [7, 11) is 3.59. The van der Waals surface area contributed by atoms with Crippen molar-refractivity contribution in [1.82, 2.24) is 46.0 Å². The summed E-state index contributed by atoms with van der Waals surface area (Å²) in [5, 5.41) is 23.3. The number of hydrazine groups is 1. The summed E-state index contributed by atoms with van der Waals surface area (Å²) >= 11 is 0. The summed E-state index contributed by atoms with van der Waals surface area (Å²) in [6.07, 6.45) is 6.54. The number of carbonyl (C=O) groups excluding carboxylic acids is 1. The Morgan fingerprint density at radius 3 is 2.71 bits per heavy atom. The number of likely N-dealkylation sites (N-methyl/N-ethyl adjacent to an activating group) is 1. The maximum absolute atomic E-state index is 13.6. The van der Waals surface area contributed by atoms with E-state index in [9.17, 15) is 9.18 Å². The minimum absolute atomic E-state index is 0.116. The molecule has 0 bridgehead atoms. The topological polar surface area (TPSA) is 149 Å². The molecule has 3 aliphatic rings. The number of amidine groups is 1. The molecule has 1 saturated heterocycles. The monoisotopic (exact) mass is 577 g/mol. The summed E-state index contributed by atoms with van der Waals surface area (Å²) in [5.41, 5.74) is 5.34.